The van der Waals surface area contributed by atoms with Crippen molar-refractivity contribution in [3.63, 3.8) is 0 Å². The van der Waals surface area contributed by atoms with E-state index in [1.54, 1.807) is 38.1 Å². The van der Waals surface area contributed by atoms with Crippen LogP contribution in [0.2, 0.25) is 5.02 Å². The number of benzene rings is 1. The van der Waals surface area contributed by atoms with E-state index in [9.17, 15) is 13.2 Å². The lowest BCUT2D eigenvalue weighted by Crippen LogP contribution is -2.42. The monoisotopic (exact) mass is 368 g/mol. The number of nitrogens with one attached hydrogen (secondary N) is 3. The number of hydrogen-bond donors (Lipinski definition) is 3. The predicted octanol–water partition coefficient (Wildman–Crippen LogP) is 2.87. The molecular formula is C15H17ClN4O3S. The van der Waals surface area contributed by atoms with Crippen molar-refractivity contribution in [2.24, 2.45) is 0 Å². The molecule has 0 aliphatic heterocycles. The molecule has 1 heterocycles. The Labute approximate surface area is 145 Å². The fraction of sp³-hybridized carbons (Fsp3) is 0.200. The number of halogens is 1. The van der Waals surface area contributed by atoms with Gasteiger partial charge in [-0.05, 0) is 44.2 Å². The first-order valence-corrected chi connectivity index (χ1v) is 8.94. The molecule has 1 aromatic heterocycles. The molecule has 0 aliphatic carbocycles. The summed E-state index contributed by atoms with van der Waals surface area (Å²) >= 11 is 5.83. The molecule has 0 aliphatic rings. The maximum absolute atomic E-state index is 12.4. The Morgan fingerprint density at radius 3 is 2.46 bits per heavy atom. The van der Waals surface area contributed by atoms with Crippen LogP contribution in [-0.2, 0) is 10.0 Å². The van der Waals surface area contributed by atoms with Gasteiger partial charge in [0.2, 0.25) is 0 Å². The van der Waals surface area contributed by atoms with Crippen molar-refractivity contribution in [3.05, 3.63) is 47.7 Å². The van der Waals surface area contributed by atoms with Gasteiger partial charge in [0.15, 0.2) is 0 Å². The SMILES string of the molecule is CC(C)NC(=O)NS(=O)(=O)c1cnccc1Nc1ccc(Cl)cc1. The summed E-state index contributed by atoms with van der Waals surface area (Å²) in [5.74, 6) is 0. The van der Waals surface area contributed by atoms with E-state index in [0.717, 1.165) is 0 Å². The highest BCUT2D eigenvalue weighted by molar-refractivity contribution is 7.90. The maximum Gasteiger partial charge on any atom is 0.328 e. The van der Waals surface area contributed by atoms with Gasteiger partial charge in [0, 0.05) is 29.1 Å². The van der Waals surface area contributed by atoms with Gasteiger partial charge < -0.3 is 10.6 Å². The highest BCUT2D eigenvalue weighted by Gasteiger charge is 2.22. The highest BCUT2D eigenvalue weighted by Crippen LogP contribution is 2.24. The number of aromatic nitrogens is 1. The van der Waals surface area contributed by atoms with E-state index in [-0.39, 0.29) is 16.6 Å². The van der Waals surface area contributed by atoms with Gasteiger partial charge in [-0.3, -0.25) is 4.98 Å². The van der Waals surface area contributed by atoms with Crippen molar-refractivity contribution in [2.75, 3.05) is 5.32 Å². The number of pyridine rings is 1. The van der Waals surface area contributed by atoms with Crippen LogP contribution in [0.4, 0.5) is 16.2 Å². The number of carbonyl (C=O) groups is 1. The molecule has 0 unspecified atom stereocenters. The Balaban J connectivity index is 2.27. The Kier molecular flexibility index (Phi) is 5.63. The molecule has 0 bridgehead atoms. The lowest BCUT2D eigenvalue weighted by atomic mass is 10.3. The van der Waals surface area contributed by atoms with E-state index in [4.69, 9.17) is 11.6 Å². The topological polar surface area (TPSA) is 100 Å². The summed E-state index contributed by atoms with van der Waals surface area (Å²) in [6.07, 6.45) is 2.62. The quantitative estimate of drug-likeness (QED) is 0.753. The molecular weight excluding hydrogens is 352 g/mol. The number of nitrogens with zero attached hydrogens (tertiary/aromatic N) is 1. The van der Waals surface area contributed by atoms with Crippen molar-refractivity contribution in [2.45, 2.75) is 24.8 Å². The summed E-state index contributed by atoms with van der Waals surface area (Å²) in [6.45, 7) is 3.45. The van der Waals surface area contributed by atoms with Crippen LogP contribution in [0.15, 0.2) is 47.6 Å². The Morgan fingerprint density at radius 2 is 1.83 bits per heavy atom. The summed E-state index contributed by atoms with van der Waals surface area (Å²) < 4.78 is 26.8. The average molecular weight is 369 g/mol. The van der Waals surface area contributed by atoms with Crippen molar-refractivity contribution in [1.82, 2.24) is 15.0 Å². The van der Waals surface area contributed by atoms with Gasteiger partial charge in [0.05, 0.1) is 5.69 Å². The first-order valence-electron chi connectivity index (χ1n) is 7.08. The summed E-state index contributed by atoms with van der Waals surface area (Å²) in [5.41, 5.74) is 0.936. The third-order valence-electron chi connectivity index (χ3n) is 2.84. The molecule has 0 saturated heterocycles. The van der Waals surface area contributed by atoms with Crippen molar-refractivity contribution in [1.29, 1.82) is 0 Å². The van der Waals surface area contributed by atoms with E-state index in [2.05, 4.69) is 15.6 Å². The second-order valence-electron chi connectivity index (χ2n) is 5.24. The molecule has 0 fully saturated rings. The lowest BCUT2D eigenvalue weighted by molar-refractivity contribution is 0.243. The summed E-state index contributed by atoms with van der Waals surface area (Å²) in [4.78, 5) is 15.4. The number of amides is 2. The van der Waals surface area contributed by atoms with Crippen LogP contribution in [0, 0.1) is 0 Å². The van der Waals surface area contributed by atoms with Gasteiger partial charge in [-0.25, -0.2) is 17.9 Å². The second-order valence-corrected chi connectivity index (χ2v) is 7.32. The first-order chi connectivity index (χ1) is 11.3. The molecule has 0 atom stereocenters. The van der Waals surface area contributed by atoms with Gasteiger partial charge >= 0.3 is 6.03 Å². The van der Waals surface area contributed by atoms with Crippen molar-refractivity contribution in [3.8, 4) is 0 Å². The van der Waals surface area contributed by atoms with Crippen LogP contribution >= 0.6 is 11.6 Å². The Bertz CT molecular complexity index is 823. The van der Waals surface area contributed by atoms with E-state index in [1.807, 2.05) is 4.72 Å². The minimum Gasteiger partial charge on any atom is -0.354 e. The van der Waals surface area contributed by atoms with Crippen LogP contribution in [0.5, 0.6) is 0 Å². The van der Waals surface area contributed by atoms with Gasteiger partial charge in [0.25, 0.3) is 10.0 Å². The van der Waals surface area contributed by atoms with Crippen LogP contribution < -0.4 is 15.4 Å². The van der Waals surface area contributed by atoms with E-state index < -0.39 is 16.1 Å². The minimum absolute atomic E-state index is 0.140. The molecule has 2 rings (SSSR count). The largest absolute Gasteiger partial charge is 0.354 e. The normalized spacial score (nSPS) is 11.2. The second kappa shape index (κ2) is 7.50. The molecule has 0 saturated carbocycles. The van der Waals surface area contributed by atoms with Gasteiger partial charge in [0.1, 0.15) is 4.90 Å². The molecule has 2 amide bonds. The molecule has 3 N–H and O–H groups in total. The highest BCUT2D eigenvalue weighted by atomic mass is 35.5. The number of hydrogen-bond acceptors (Lipinski definition) is 5. The molecule has 1 aromatic carbocycles. The van der Waals surface area contributed by atoms with Crippen molar-refractivity contribution >= 4 is 39.0 Å². The number of rotatable bonds is 5. The number of sulfonamides is 1. The molecule has 9 heteroatoms. The Morgan fingerprint density at radius 1 is 1.17 bits per heavy atom. The van der Waals surface area contributed by atoms with Crippen LogP contribution in [-0.4, -0.2) is 25.5 Å². The molecule has 0 spiro atoms. The fourth-order valence-corrected chi connectivity index (χ4v) is 3.00. The number of anilines is 2. The fourth-order valence-electron chi connectivity index (χ4n) is 1.85. The van der Waals surface area contributed by atoms with E-state index >= 15 is 0 Å². The first kappa shape index (κ1) is 18.0. The standard InChI is InChI=1S/C15H17ClN4O3S/c1-10(2)18-15(21)20-24(22,23)14-9-17-8-7-13(14)19-12-5-3-11(16)4-6-12/h3-10H,1-2H3,(H,17,19)(H2,18,20,21). The maximum atomic E-state index is 12.4. The van der Waals surface area contributed by atoms with Crippen molar-refractivity contribution < 1.29 is 13.2 Å². The van der Waals surface area contributed by atoms with Crippen LogP contribution in [0.25, 0.3) is 0 Å². The van der Waals surface area contributed by atoms with Gasteiger partial charge in [-0.1, -0.05) is 11.6 Å². The molecule has 24 heavy (non-hydrogen) atoms. The molecule has 128 valence electrons. The average Bonchev–Trinajstić information content (AvgIpc) is 2.48. The van der Waals surface area contributed by atoms with Crippen LogP contribution in [0.1, 0.15) is 13.8 Å². The summed E-state index contributed by atoms with van der Waals surface area (Å²) in [6, 6.07) is 7.27. The number of urea groups is 1. The van der Waals surface area contributed by atoms with Crippen LogP contribution in [0.3, 0.4) is 0 Å². The van der Waals surface area contributed by atoms with E-state index in [0.29, 0.717) is 10.7 Å². The molecule has 2 aromatic rings. The van der Waals surface area contributed by atoms with Gasteiger partial charge in [-0.15, -0.1) is 0 Å². The minimum atomic E-state index is -4.08. The predicted molar refractivity (Wildman–Crippen MR) is 93.0 cm³/mol. The van der Waals surface area contributed by atoms with Gasteiger partial charge in [-0.2, -0.15) is 0 Å². The zero-order chi connectivity index (χ0) is 17.7. The third kappa shape index (κ3) is 4.84. The summed E-state index contributed by atoms with van der Waals surface area (Å²) in [5, 5.41) is 5.99. The Hall–Kier alpha value is -2.32. The zero-order valence-electron chi connectivity index (χ0n) is 13.1. The zero-order valence-corrected chi connectivity index (χ0v) is 14.6. The van der Waals surface area contributed by atoms with E-state index in [1.165, 1.54) is 18.5 Å². The smallest absolute Gasteiger partial charge is 0.328 e. The summed E-state index contributed by atoms with van der Waals surface area (Å²) in [7, 11) is -4.08. The lowest BCUT2D eigenvalue weighted by Gasteiger charge is -2.14. The molecule has 0 radical (unpaired) electrons. The number of carbonyl (C=O) groups excluding carboxylic acids is 1. The molecule has 7 nitrogen and oxygen atoms in total. The third-order valence-corrected chi connectivity index (χ3v) is 4.45.